The minimum absolute atomic E-state index is 0.0160. The van der Waals surface area contributed by atoms with E-state index >= 15 is 0 Å². The number of likely N-dealkylation sites (tertiary alicyclic amines) is 1. The quantitative estimate of drug-likeness (QED) is 0.845. The molecule has 2 amide bonds. The topological polar surface area (TPSA) is 53.5 Å². The summed E-state index contributed by atoms with van der Waals surface area (Å²) in [7, 11) is 0. The number of nitrogens with zero attached hydrogens (tertiary/aromatic N) is 3. The summed E-state index contributed by atoms with van der Waals surface area (Å²) in [5, 5.41) is 0. The van der Waals surface area contributed by atoms with Crippen molar-refractivity contribution in [3.8, 4) is 0 Å². The number of carbonyl (C=O) groups excluding carboxylic acids is 2. The van der Waals surface area contributed by atoms with E-state index in [0.29, 0.717) is 37.4 Å². The molecule has 2 saturated heterocycles. The third-order valence-corrected chi connectivity index (χ3v) is 5.05. The van der Waals surface area contributed by atoms with Gasteiger partial charge >= 0.3 is 0 Å². The van der Waals surface area contributed by atoms with Gasteiger partial charge in [-0.1, -0.05) is 12.1 Å². The van der Waals surface area contributed by atoms with E-state index in [9.17, 15) is 14.0 Å². The molecule has 2 fully saturated rings. The summed E-state index contributed by atoms with van der Waals surface area (Å²) in [4.78, 5) is 32.6. The number of anilines is 1. The molecule has 5 nitrogen and oxygen atoms in total. The highest BCUT2D eigenvalue weighted by molar-refractivity contribution is 5.97. The fourth-order valence-corrected chi connectivity index (χ4v) is 3.81. The number of hydrogen-bond donors (Lipinski definition) is 0. The van der Waals surface area contributed by atoms with Crippen molar-refractivity contribution < 1.29 is 14.0 Å². The molecule has 6 heteroatoms. The molecule has 1 spiro atoms. The summed E-state index contributed by atoms with van der Waals surface area (Å²) in [5.74, 6) is -0.475. The normalized spacial score (nSPS) is 22.8. The van der Waals surface area contributed by atoms with Crippen LogP contribution in [0.4, 0.5) is 10.1 Å². The maximum atomic E-state index is 13.5. The second-order valence-corrected chi connectivity index (χ2v) is 6.83. The van der Waals surface area contributed by atoms with Crippen molar-refractivity contribution in [1.29, 1.82) is 0 Å². The molecular weight excluding hydrogens is 321 g/mol. The summed E-state index contributed by atoms with van der Waals surface area (Å²) >= 11 is 0. The lowest BCUT2D eigenvalue weighted by molar-refractivity contribution is -0.117. The molecule has 2 aromatic rings. The largest absolute Gasteiger partial charge is 0.337 e. The Morgan fingerprint density at radius 2 is 2.04 bits per heavy atom. The lowest BCUT2D eigenvalue weighted by Gasteiger charge is -2.24. The Hall–Kier alpha value is -2.76. The van der Waals surface area contributed by atoms with Crippen molar-refractivity contribution in [2.45, 2.75) is 12.8 Å². The van der Waals surface area contributed by atoms with E-state index in [0.717, 1.165) is 6.42 Å². The molecule has 1 aromatic carbocycles. The molecule has 4 rings (SSSR count). The van der Waals surface area contributed by atoms with Crippen molar-refractivity contribution in [2.75, 3.05) is 24.5 Å². The van der Waals surface area contributed by atoms with Crippen LogP contribution in [0.15, 0.2) is 48.7 Å². The van der Waals surface area contributed by atoms with Crippen LogP contribution < -0.4 is 4.90 Å². The highest BCUT2D eigenvalue weighted by Crippen LogP contribution is 2.42. The van der Waals surface area contributed by atoms with Gasteiger partial charge in [0.25, 0.3) is 5.91 Å². The van der Waals surface area contributed by atoms with Gasteiger partial charge in [-0.25, -0.2) is 4.39 Å². The number of aromatic nitrogens is 1. The molecule has 0 radical (unpaired) electrons. The molecule has 2 aliphatic rings. The zero-order valence-corrected chi connectivity index (χ0v) is 13.7. The molecular formula is C19H18FN3O2. The van der Waals surface area contributed by atoms with Crippen molar-refractivity contribution >= 4 is 17.5 Å². The molecule has 128 valence electrons. The van der Waals surface area contributed by atoms with Crippen molar-refractivity contribution in [1.82, 2.24) is 9.88 Å². The first-order valence-corrected chi connectivity index (χ1v) is 8.33. The van der Waals surface area contributed by atoms with Crippen LogP contribution in [-0.4, -0.2) is 41.3 Å². The molecule has 0 N–H and O–H groups in total. The van der Waals surface area contributed by atoms with Crippen LogP contribution >= 0.6 is 0 Å². The SMILES string of the molecule is O=C(c1ccccn1)N1CCC2(CC(=O)N(c3cccc(F)c3)C2)C1. The summed E-state index contributed by atoms with van der Waals surface area (Å²) in [5.41, 5.74) is 0.746. The Labute approximate surface area is 145 Å². The van der Waals surface area contributed by atoms with Gasteiger partial charge in [0.15, 0.2) is 0 Å². The van der Waals surface area contributed by atoms with E-state index in [2.05, 4.69) is 4.98 Å². The van der Waals surface area contributed by atoms with Gasteiger partial charge in [-0.2, -0.15) is 0 Å². The predicted molar refractivity (Wildman–Crippen MR) is 90.6 cm³/mol. The van der Waals surface area contributed by atoms with Crippen LogP contribution in [0.3, 0.4) is 0 Å². The van der Waals surface area contributed by atoms with Crippen LogP contribution in [0.2, 0.25) is 0 Å². The number of pyridine rings is 1. The summed E-state index contributed by atoms with van der Waals surface area (Å²) < 4.78 is 13.5. The zero-order chi connectivity index (χ0) is 17.4. The number of carbonyl (C=O) groups is 2. The van der Waals surface area contributed by atoms with Gasteiger partial charge in [0, 0.05) is 43.4 Å². The predicted octanol–water partition coefficient (Wildman–Crippen LogP) is 2.49. The van der Waals surface area contributed by atoms with Crippen LogP contribution in [0.5, 0.6) is 0 Å². The summed E-state index contributed by atoms with van der Waals surface area (Å²) in [6, 6.07) is 11.4. The van der Waals surface area contributed by atoms with Crippen molar-refractivity contribution in [3.05, 3.63) is 60.2 Å². The average Bonchev–Trinajstić information content (AvgIpc) is 3.18. The molecule has 1 unspecified atom stereocenters. The van der Waals surface area contributed by atoms with E-state index in [-0.39, 0.29) is 23.0 Å². The van der Waals surface area contributed by atoms with Crippen LogP contribution in [0.25, 0.3) is 0 Å². The monoisotopic (exact) mass is 339 g/mol. The zero-order valence-electron chi connectivity index (χ0n) is 13.7. The number of benzene rings is 1. The number of hydrogen-bond acceptors (Lipinski definition) is 3. The first kappa shape index (κ1) is 15.7. The first-order chi connectivity index (χ1) is 12.1. The third-order valence-electron chi connectivity index (χ3n) is 5.05. The summed E-state index contributed by atoms with van der Waals surface area (Å²) in [6.07, 6.45) is 2.75. The fraction of sp³-hybridized carbons (Fsp3) is 0.316. The fourth-order valence-electron chi connectivity index (χ4n) is 3.81. The highest BCUT2D eigenvalue weighted by Gasteiger charge is 2.49. The molecule has 2 aliphatic heterocycles. The van der Waals surface area contributed by atoms with Gasteiger partial charge in [-0.3, -0.25) is 14.6 Å². The van der Waals surface area contributed by atoms with Gasteiger partial charge in [-0.05, 0) is 36.8 Å². The van der Waals surface area contributed by atoms with Crippen LogP contribution in [0.1, 0.15) is 23.3 Å². The third kappa shape index (κ3) is 2.88. The Morgan fingerprint density at radius 3 is 2.80 bits per heavy atom. The average molecular weight is 339 g/mol. The van der Waals surface area contributed by atoms with Crippen LogP contribution in [0, 0.1) is 11.2 Å². The molecule has 1 aromatic heterocycles. The molecule has 25 heavy (non-hydrogen) atoms. The number of amides is 2. The highest BCUT2D eigenvalue weighted by atomic mass is 19.1. The minimum atomic E-state index is -0.357. The molecule has 0 aliphatic carbocycles. The van der Waals surface area contributed by atoms with Crippen molar-refractivity contribution in [2.24, 2.45) is 5.41 Å². The van der Waals surface area contributed by atoms with E-state index < -0.39 is 0 Å². The second kappa shape index (κ2) is 5.95. The van der Waals surface area contributed by atoms with Gasteiger partial charge in [0.2, 0.25) is 5.91 Å². The Kier molecular flexibility index (Phi) is 3.75. The Morgan fingerprint density at radius 1 is 1.16 bits per heavy atom. The maximum absolute atomic E-state index is 13.5. The molecule has 3 heterocycles. The van der Waals surface area contributed by atoms with E-state index in [1.807, 2.05) is 0 Å². The van der Waals surface area contributed by atoms with Gasteiger partial charge in [0.05, 0.1) is 0 Å². The van der Waals surface area contributed by atoms with Gasteiger partial charge in [-0.15, -0.1) is 0 Å². The minimum Gasteiger partial charge on any atom is -0.337 e. The van der Waals surface area contributed by atoms with Gasteiger partial charge in [0.1, 0.15) is 11.5 Å². The molecule has 1 atom stereocenters. The van der Waals surface area contributed by atoms with Crippen LogP contribution in [-0.2, 0) is 4.79 Å². The molecule has 0 saturated carbocycles. The second-order valence-electron chi connectivity index (χ2n) is 6.83. The van der Waals surface area contributed by atoms with Crippen molar-refractivity contribution in [3.63, 3.8) is 0 Å². The van der Waals surface area contributed by atoms with E-state index in [4.69, 9.17) is 0 Å². The Bertz CT molecular complexity index is 826. The maximum Gasteiger partial charge on any atom is 0.272 e. The molecule has 0 bridgehead atoms. The van der Waals surface area contributed by atoms with Gasteiger partial charge < -0.3 is 9.80 Å². The number of rotatable bonds is 2. The van der Waals surface area contributed by atoms with E-state index in [1.165, 1.54) is 12.1 Å². The first-order valence-electron chi connectivity index (χ1n) is 8.33. The Balaban J connectivity index is 1.51. The standard InChI is InChI=1S/C19H18FN3O2/c20-14-4-3-5-15(10-14)23-13-19(11-17(23)24)7-9-22(12-19)18(25)16-6-1-2-8-21-16/h1-6,8,10H,7,9,11-13H2. The smallest absolute Gasteiger partial charge is 0.272 e. The number of halogens is 1. The summed E-state index contributed by atoms with van der Waals surface area (Å²) in [6.45, 7) is 1.65. The lowest BCUT2D eigenvalue weighted by atomic mass is 9.86. The van der Waals surface area contributed by atoms with E-state index in [1.54, 1.807) is 46.3 Å². The lowest BCUT2D eigenvalue weighted by Crippen LogP contribution is -2.34.